The predicted octanol–water partition coefficient (Wildman–Crippen LogP) is 1.04. The van der Waals surface area contributed by atoms with Crippen LogP contribution >= 0.6 is 11.6 Å². The van der Waals surface area contributed by atoms with Crippen LogP contribution in [0.25, 0.3) is 0 Å². The Labute approximate surface area is 161 Å². The van der Waals surface area contributed by atoms with E-state index < -0.39 is 0 Å². The van der Waals surface area contributed by atoms with Crippen molar-refractivity contribution in [2.45, 2.75) is 6.04 Å². The number of piperazine rings is 4. The van der Waals surface area contributed by atoms with Gasteiger partial charge in [0.25, 0.3) is 0 Å². The Balaban J connectivity index is 1.29. The molecule has 0 amide bonds. The van der Waals surface area contributed by atoms with Crippen molar-refractivity contribution in [1.29, 1.82) is 0 Å². The molecule has 7 heteroatoms. The van der Waals surface area contributed by atoms with Gasteiger partial charge in [-0.05, 0) is 12.1 Å². The second-order valence-electron chi connectivity index (χ2n) is 7.34. The number of fused-ring (bicyclic) bond motifs is 3. The van der Waals surface area contributed by atoms with Crippen molar-refractivity contribution in [2.24, 2.45) is 4.99 Å². The molecule has 4 saturated heterocycles. The third kappa shape index (κ3) is 3.77. The molecule has 1 atom stereocenters. The van der Waals surface area contributed by atoms with Crippen LogP contribution in [0.15, 0.2) is 29.3 Å². The molecule has 1 aromatic rings. The minimum atomic E-state index is 0.610. The maximum atomic E-state index is 6.35. The lowest BCUT2D eigenvalue weighted by Crippen LogP contribution is -2.64. The standard InChI is InChI=1S/C19H29ClN6/c1-21-19(22-14-16-15-23-6-8-24(16)9-7-23)26-12-10-25(11-13-26)18-5-3-2-4-17(18)20/h2-5,16H,6-15H2,1H3,(H,21,22). The van der Waals surface area contributed by atoms with E-state index in [0.29, 0.717) is 6.04 Å². The number of anilines is 1. The van der Waals surface area contributed by atoms with Gasteiger partial charge in [0.15, 0.2) is 5.96 Å². The molecule has 0 aromatic heterocycles. The smallest absolute Gasteiger partial charge is 0.193 e. The normalized spacial score (nSPS) is 29.2. The first kappa shape index (κ1) is 17.9. The average Bonchev–Trinajstić information content (AvgIpc) is 2.70. The zero-order chi connectivity index (χ0) is 17.9. The Bertz CT molecular complexity index is 635. The molecule has 142 valence electrons. The molecule has 4 heterocycles. The molecule has 5 rings (SSSR count). The number of halogens is 1. The van der Waals surface area contributed by atoms with Crippen molar-refractivity contribution in [3.63, 3.8) is 0 Å². The zero-order valence-electron chi connectivity index (χ0n) is 15.6. The van der Waals surface area contributed by atoms with E-state index in [-0.39, 0.29) is 0 Å². The van der Waals surface area contributed by atoms with E-state index in [2.05, 4.69) is 42.0 Å². The number of hydrogen-bond acceptors (Lipinski definition) is 4. The highest BCUT2D eigenvalue weighted by molar-refractivity contribution is 6.33. The fourth-order valence-electron chi connectivity index (χ4n) is 4.33. The van der Waals surface area contributed by atoms with Gasteiger partial charge in [-0.3, -0.25) is 14.8 Å². The molecule has 0 radical (unpaired) electrons. The Hall–Kier alpha value is -1.50. The molecule has 0 aliphatic carbocycles. The van der Waals surface area contributed by atoms with Gasteiger partial charge in [-0.1, -0.05) is 23.7 Å². The largest absolute Gasteiger partial charge is 0.367 e. The van der Waals surface area contributed by atoms with Crippen LogP contribution in [0.3, 0.4) is 0 Å². The number of guanidine groups is 1. The van der Waals surface area contributed by atoms with E-state index in [1.54, 1.807) is 0 Å². The average molecular weight is 377 g/mol. The van der Waals surface area contributed by atoms with Crippen molar-refractivity contribution in [2.75, 3.05) is 77.4 Å². The monoisotopic (exact) mass is 376 g/mol. The van der Waals surface area contributed by atoms with Crippen molar-refractivity contribution in [3.8, 4) is 0 Å². The van der Waals surface area contributed by atoms with Crippen molar-refractivity contribution < 1.29 is 0 Å². The number of hydrogen-bond donors (Lipinski definition) is 1. The van der Waals surface area contributed by atoms with Crippen molar-refractivity contribution >= 4 is 23.2 Å². The maximum Gasteiger partial charge on any atom is 0.193 e. The minimum absolute atomic E-state index is 0.610. The van der Waals surface area contributed by atoms with Gasteiger partial charge in [0.2, 0.25) is 0 Å². The molecule has 4 fully saturated rings. The van der Waals surface area contributed by atoms with Crippen LogP contribution in [-0.4, -0.2) is 99.2 Å². The van der Waals surface area contributed by atoms with Crippen LogP contribution in [-0.2, 0) is 0 Å². The second-order valence-corrected chi connectivity index (χ2v) is 7.75. The number of nitrogens with zero attached hydrogens (tertiary/aromatic N) is 5. The second kappa shape index (κ2) is 8.03. The fourth-order valence-corrected chi connectivity index (χ4v) is 4.58. The fraction of sp³-hybridized carbons (Fsp3) is 0.632. The summed E-state index contributed by atoms with van der Waals surface area (Å²) in [7, 11) is 1.89. The van der Waals surface area contributed by atoms with Gasteiger partial charge in [0, 0.05) is 78.5 Å². The minimum Gasteiger partial charge on any atom is -0.367 e. The van der Waals surface area contributed by atoms with Gasteiger partial charge in [-0.25, -0.2) is 0 Å². The number of aliphatic imine (C=N–C) groups is 1. The lowest BCUT2D eigenvalue weighted by atomic mass is 10.1. The summed E-state index contributed by atoms with van der Waals surface area (Å²) in [6.45, 7) is 10.9. The van der Waals surface area contributed by atoms with E-state index in [1.807, 2.05) is 19.2 Å². The highest BCUT2D eigenvalue weighted by Crippen LogP contribution is 2.26. The van der Waals surface area contributed by atoms with Gasteiger partial charge in [0.05, 0.1) is 10.7 Å². The molecular weight excluding hydrogens is 348 g/mol. The Morgan fingerprint density at radius 1 is 1.08 bits per heavy atom. The van der Waals surface area contributed by atoms with Gasteiger partial charge in [-0.2, -0.15) is 0 Å². The SMILES string of the molecule is CN=C(NCC1CN2CCN1CC2)N1CCN(c2ccccc2Cl)CC1. The number of rotatable bonds is 3. The number of para-hydroxylation sites is 1. The van der Waals surface area contributed by atoms with Crippen LogP contribution in [0.4, 0.5) is 5.69 Å². The Kier molecular flexibility index (Phi) is 5.52. The predicted molar refractivity (Wildman–Crippen MR) is 108 cm³/mol. The van der Waals surface area contributed by atoms with Gasteiger partial charge >= 0.3 is 0 Å². The third-order valence-electron chi connectivity index (χ3n) is 5.87. The summed E-state index contributed by atoms with van der Waals surface area (Å²) in [5.41, 5.74) is 1.14. The van der Waals surface area contributed by atoms with Gasteiger partial charge in [-0.15, -0.1) is 0 Å². The van der Waals surface area contributed by atoms with Gasteiger partial charge in [0.1, 0.15) is 0 Å². The maximum absolute atomic E-state index is 6.35. The topological polar surface area (TPSA) is 37.4 Å². The number of benzene rings is 1. The first-order chi connectivity index (χ1) is 12.7. The molecule has 1 N–H and O–H groups in total. The summed E-state index contributed by atoms with van der Waals surface area (Å²) < 4.78 is 0. The third-order valence-corrected chi connectivity index (χ3v) is 6.19. The molecule has 26 heavy (non-hydrogen) atoms. The summed E-state index contributed by atoms with van der Waals surface area (Å²) in [5.74, 6) is 1.03. The first-order valence-corrected chi connectivity index (χ1v) is 10.0. The van der Waals surface area contributed by atoms with E-state index in [0.717, 1.165) is 49.4 Å². The summed E-state index contributed by atoms with van der Waals surface area (Å²) in [6, 6.07) is 8.72. The van der Waals surface area contributed by atoms with Crippen LogP contribution in [0.2, 0.25) is 5.02 Å². The van der Waals surface area contributed by atoms with Crippen molar-refractivity contribution in [1.82, 2.24) is 20.0 Å². The van der Waals surface area contributed by atoms with E-state index in [9.17, 15) is 0 Å². The summed E-state index contributed by atoms with van der Waals surface area (Å²) in [5, 5.41) is 4.46. The summed E-state index contributed by atoms with van der Waals surface area (Å²) in [4.78, 5) is 14.5. The lowest BCUT2D eigenvalue weighted by Gasteiger charge is -2.48. The van der Waals surface area contributed by atoms with Crippen LogP contribution in [0.1, 0.15) is 0 Å². The quantitative estimate of drug-likeness (QED) is 0.630. The molecule has 0 saturated carbocycles. The van der Waals surface area contributed by atoms with Crippen LogP contribution < -0.4 is 10.2 Å². The molecule has 2 bridgehead atoms. The highest BCUT2D eigenvalue weighted by Gasteiger charge is 2.32. The van der Waals surface area contributed by atoms with Crippen LogP contribution in [0, 0.1) is 0 Å². The molecule has 4 aliphatic heterocycles. The number of nitrogens with one attached hydrogen (secondary N) is 1. The van der Waals surface area contributed by atoms with Crippen LogP contribution in [0.5, 0.6) is 0 Å². The zero-order valence-corrected chi connectivity index (χ0v) is 16.3. The summed E-state index contributed by atoms with van der Waals surface area (Å²) >= 11 is 6.35. The van der Waals surface area contributed by atoms with Gasteiger partial charge < -0.3 is 15.1 Å². The first-order valence-electron chi connectivity index (χ1n) is 9.66. The Morgan fingerprint density at radius 2 is 1.81 bits per heavy atom. The molecule has 6 nitrogen and oxygen atoms in total. The summed E-state index contributed by atoms with van der Waals surface area (Å²) in [6.07, 6.45) is 0. The molecule has 0 spiro atoms. The molecule has 1 aromatic carbocycles. The van der Waals surface area contributed by atoms with Crippen molar-refractivity contribution in [3.05, 3.63) is 29.3 Å². The van der Waals surface area contributed by atoms with E-state index in [4.69, 9.17) is 11.6 Å². The molecule has 4 aliphatic rings. The van der Waals surface area contributed by atoms with E-state index >= 15 is 0 Å². The molecular formula is C19H29ClN6. The van der Waals surface area contributed by atoms with E-state index in [1.165, 1.54) is 32.7 Å². The highest BCUT2D eigenvalue weighted by atomic mass is 35.5. The molecule has 1 unspecified atom stereocenters. The Morgan fingerprint density at radius 3 is 2.42 bits per heavy atom. The lowest BCUT2D eigenvalue weighted by molar-refractivity contribution is 0.0152.